The van der Waals surface area contributed by atoms with E-state index in [0.717, 1.165) is 18.2 Å². The Morgan fingerprint density at radius 2 is 1.92 bits per heavy atom. The summed E-state index contributed by atoms with van der Waals surface area (Å²) >= 11 is 3.62. The molecule has 0 unspecified atom stereocenters. The van der Waals surface area contributed by atoms with Crippen LogP contribution in [-0.2, 0) is 14.6 Å². The van der Waals surface area contributed by atoms with Gasteiger partial charge in [-0.05, 0) is 54.0 Å². The summed E-state index contributed by atoms with van der Waals surface area (Å²) in [6.45, 7) is 2.45. The van der Waals surface area contributed by atoms with Crippen LogP contribution in [0.25, 0.3) is 0 Å². The number of nitrogens with two attached hydrogens (primary N) is 1. The number of aliphatic hydroxyl groups is 1. The van der Waals surface area contributed by atoms with Crippen molar-refractivity contribution < 1.29 is 27.5 Å². The SMILES string of the molecule is CC(C)(O)C(=O)Nc1sc(S(=O)(=O)c2cc(F)ccc2Br)cc1C(N)=O. The first kappa shape index (κ1) is 20.5. The second-order valence-corrected chi connectivity index (χ2v) is 9.82. The van der Waals surface area contributed by atoms with Crippen LogP contribution in [-0.4, -0.2) is 30.9 Å². The number of benzene rings is 1. The van der Waals surface area contributed by atoms with Gasteiger partial charge in [-0.15, -0.1) is 11.3 Å². The summed E-state index contributed by atoms with van der Waals surface area (Å²) in [5.74, 6) is -2.57. The molecule has 26 heavy (non-hydrogen) atoms. The molecular formula is C15H14BrFN2O5S2. The number of halogens is 2. The van der Waals surface area contributed by atoms with E-state index in [1.807, 2.05) is 0 Å². The number of rotatable bonds is 5. The number of amides is 2. The predicted molar refractivity (Wildman–Crippen MR) is 97.3 cm³/mol. The number of hydrogen-bond acceptors (Lipinski definition) is 6. The first-order valence-corrected chi connectivity index (χ1v) is 10.1. The highest BCUT2D eigenvalue weighted by atomic mass is 79.9. The van der Waals surface area contributed by atoms with E-state index in [0.29, 0.717) is 11.3 Å². The summed E-state index contributed by atoms with van der Waals surface area (Å²) in [5, 5.41) is 11.9. The molecule has 2 amide bonds. The van der Waals surface area contributed by atoms with Crippen molar-refractivity contribution in [1.82, 2.24) is 0 Å². The van der Waals surface area contributed by atoms with Crippen molar-refractivity contribution in [2.45, 2.75) is 28.6 Å². The molecule has 0 aliphatic heterocycles. The summed E-state index contributed by atoms with van der Waals surface area (Å²) < 4.78 is 38.8. The Balaban J connectivity index is 2.57. The van der Waals surface area contributed by atoms with Gasteiger partial charge in [0, 0.05) is 4.47 Å². The van der Waals surface area contributed by atoms with Crippen molar-refractivity contribution in [3.05, 3.63) is 40.1 Å². The first-order valence-electron chi connectivity index (χ1n) is 7.01. The third kappa shape index (κ3) is 4.11. The summed E-state index contributed by atoms with van der Waals surface area (Å²) in [7, 11) is -4.19. The summed E-state index contributed by atoms with van der Waals surface area (Å²) in [5.41, 5.74) is 3.24. The zero-order valence-electron chi connectivity index (χ0n) is 13.5. The van der Waals surface area contributed by atoms with Crippen LogP contribution in [0, 0.1) is 5.82 Å². The normalized spacial score (nSPS) is 12.0. The highest BCUT2D eigenvalue weighted by Gasteiger charge is 2.30. The van der Waals surface area contributed by atoms with E-state index in [2.05, 4.69) is 21.2 Å². The summed E-state index contributed by atoms with van der Waals surface area (Å²) in [4.78, 5) is 23.2. The molecule has 7 nitrogen and oxygen atoms in total. The maximum absolute atomic E-state index is 13.5. The quantitative estimate of drug-likeness (QED) is 0.625. The van der Waals surface area contributed by atoms with Gasteiger partial charge < -0.3 is 16.2 Å². The van der Waals surface area contributed by atoms with Gasteiger partial charge >= 0.3 is 0 Å². The van der Waals surface area contributed by atoms with Crippen molar-refractivity contribution in [2.75, 3.05) is 5.32 Å². The number of primary amides is 1. The number of carbonyl (C=O) groups is 2. The largest absolute Gasteiger partial charge is 0.381 e. The summed E-state index contributed by atoms with van der Waals surface area (Å²) in [6, 6.07) is 4.15. The number of carbonyl (C=O) groups excluding carboxylic acids is 2. The predicted octanol–water partition coefficient (Wildman–Crippen LogP) is 2.29. The van der Waals surface area contributed by atoms with Crippen LogP contribution < -0.4 is 11.1 Å². The minimum atomic E-state index is -4.19. The second kappa shape index (κ2) is 7.06. The number of hydrogen-bond donors (Lipinski definition) is 3. The lowest BCUT2D eigenvalue weighted by atomic mass is 10.1. The molecule has 0 aliphatic rings. The molecule has 1 aromatic heterocycles. The Kier molecular flexibility index (Phi) is 5.57. The molecule has 1 heterocycles. The lowest BCUT2D eigenvalue weighted by Crippen LogP contribution is -2.36. The molecule has 0 fully saturated rings. The average molecular weight is 465 g/mol. The lowest BCUT2D eigenvalue weighted by molar-refractivity contribution is -0.130. The molecule has 0 saturated carbocycles. The van der Waals surface area contributed by atoms with Gasteiger partial charge in [0.2, 0.25) is 9.84 Å². The monoisotopic (exact) mass is 464 g/mol. The van der Waals surface area contributed by atoms with Gasteiger partial charge in [-0.3, -0.25) is 9.59 Å². The third-order valence-corrected chi connectivity index (χ3v) is 7.48. The second-order valence-electron chi connectivity index (χ2n) is 5.76. The van der Waals surface area contributed by atoms with Crippen LogP contribution in [0.1, 0.15) is 24.2 Å². The van der Waals surface area contributed by atoms with E-state index < -0.39 is 33.1 Å². The van der Waals surface area contributed by atoms with Gasteiger partial charge in [0.25, 0.3) is 11.8 Å². The third-order valence-electron chi connectivity index (χ3n) is 3.21. The van der Waals surface area contributed by atoms with Crippen molar-refractivity contribution in [1.29, 1.82) is 0 Å². The summed E-state index contributed by atoms with van der Waals surface area (Å²) in [6.07, 6.45) is 0. The van der Waals surface area contributed by atoms with Crippen molar-refractivity contribution in [3.8, 4) is 0 Å². The van der Waals surface area contributed by atoms with E-state index in [9.17, 15) is 27.5 Å². The molecule has 1 aromatic carbocycles. The molecule has 11 heteroatoms. The maximum Gasteiger partial charge on any atom is 0.256 e. The van der Waals surface area contributed by atoms with Crippen LogP contribution >= 0.6 is 27.3 Å². The Labute approximate surface area is 161 Å². The maximum atomic E-state index is 13.5. The van der Waals surface area contributed by atoms with Gasteiger partial charge in [0.1, 0.15) is 20.6 Å². The standard InChI is InChI=1S/C15H14BrFN2O5S2/c1-15(2,22)14(21)19-13-8(12(18)20)6-11(25-13)26(23,24)10-5-7(17)3-4-9(10)16/h3-6,22H,1-2H3,(H2,18,20)(H,19,21). The first-order chi connectivity index (χ1) is 11.8. The van der Waals surface area contributed by atoms with E-state index in [1.54, 1.807) is 0 Å². The van der Waals surface area contributed by atoms with Gasteiger partial charge in [0.15, 0.2) is 0 Å². The Morgan fingerprint density at radius 3 is 2.46 bits per heavy atom. The van der Waals surface area contributed by atoms with Gasteiger partial charge in [0.05, 0.1) is 10.5 Å². The van der Waals surface area contributed by atoms with E-state index >= 15 is 0 Å². The van der Waals surface area contributed by atoms with Crippen molar-refractivity contribution in [3.63, 3.8) is 0 Å². The molecule has 0 radical (unpaired) electrons. The number of sulfone groups is 1. The molecular weight excluding hydrogens is 451 g/mol. The molecule has 4 N–H and O–H groups in total. The van der Waals surface area contributed by atoms with Crippen LogP contribution in [0.3, 0.4) is 0 Å². The number of thiophene rings is 1. The van der Waals surface area contributed by atoms with Gasteiger partial charge in [-0.2, -0.15) is 0 Å². The van der Waals surface area contributed by atoms with E-state index in [1.165, 1.54) is 19.9 Å². The Morgan fingerprint density at radius 1 is 1.31 bits per heavy atom. The van der Waals surface area contributed by atoms with Gasteiger partial charge in [-0.25, -0.2) is 12.8 Å². The van der Waals surface area contributed by atoms with Crippen LogP contribution in [0.5, 0.6) is 0 Å². The molecule has 0 bridgehead atoms. The molecule has 0 saturated heterocycles. The molecule has 140 valence electrons. The molecule has 0 aliphatic carbocycles. The zero-order valence-corrected chi connectivity index (χ0v) is 16.8. The van der Waals surface area contributed by atoms with Crippen molar-refractivity contribution >= 4 is 53.9 Å². The minimum Gasteiger partial charge on any atom is -0.381 e. The van der Waals surface area contributed by atoms with Crippen molar-refractivity contribution in [2.24, 2.45) is 5.73 Å². The zero-order chi connectivity index (χ0) is 19.9. The van der Waals surface area contributed by atoms with Gasteiger partial charge in [-0.1, -0.05) is 0 Å². The van der Waals surface area contributed by atoms with Crippen LogP contribution in [0.2, 0.25) is 0 Å². The Hall–Kier alpha value is -1.82. The fourth-order valence-electron chi connectivity index (χ4n) is 1.82. The fraction of sp³-hybridized carbons (Fsp3) is 0.200. The highest BCUT2D eigenvalue weighted by Crippen LogP contribution is 2.37. The smallest absolute Gasteiger partial charge is 0.256 e. The fourth-order valence-corrected chi connectivity index (χ4v) is 5.54. The molecule has 2 aromatic rings. The Bertz CT molecular complexity index is 996. The average Bonchev–Trinajstić information content (AvgIpc) is 2.93. The molecule has 0 atom stereocenters. The topological polar surface area (TPSA) is 127 Å². The molecule has 2 rings (SSSR count). The van der Waals surface area contributed by atoms with E-state index in [-0.39, 0.29) is 24.1 Å². The molecule has 0 spiro atoms. The van der Waals surface area contributed by atoms with E-state index in [4.69, 9.17) is 5.73 Å². The lowest BCUT2D eigenvalue weighted by Gasteiger charge is -2.16. The number of anilines is 1. The minimum absolute atomic E-state index is 0.129. The highest BCUT2D eigenvalue weighted by molar-refractivity contribution is 9.10. The van der Waals surface area contributed by atoms with Crippen LogP contribution in [0.4, 0.5) is 9.39 Å². The van der Waals surface area contributed by atoms with Crippen LogP contribution in [0.15, 0.2) is 37.8 Å². The number of nitrogens with one attached hydrogen (secondary N) is 1.